The van der Waals surface area contributed by atoms with Crippen molar-refractivity contribution < 1.29 is 28.7 Å². The average Bonchev–Trinajstić information content (AvgIpc) is 3.51. The zero-order chi connectivity index (χ0) is 33.7. The SMILES string of the molecule is C=CCOC(=O)[C@@H](C)C[C@H](Cc1ccccc1)NC(=O)c1csc([C@@H](C[C@H](C(C)C)N(C)C(=O)[C@@H](N)[C@@H](C)CC)OC(C)=O)n1. The number of nitrogens with zero attached hydrogens (tertiary/aromatic N) is 2. The summed E-state index contributed by atoms with van der Waals surface area (Å²) < 4.78 is 10.9. The topological polar surface area (TPSA) is 141 Å². The molecule has 1 aromatic carbocycles. The molecule has 248 valence electrons. The summed E-state index contributed by atoms with van der Waals surface area (Å²) in [5.74, 6) is -1.84. The molecule has 6 atom stereocenters. The van der Waals surface area contributed by atoms with E-state index >= 15 is 0 Å². The highest BCUT2D eigenvalue weighted by molar-refractivity contribution is 7.09. The number of esters is 2. The van der Waals surface area contributed by atoms with Crippen LogP contribution in [0.25, 0.3) is 0 Å². The highest BCUT2D eigenvalue weighted by Crippen LogP contribution is 2.31. The fraction of sp³-hybridized carbons (Fsp3) is 0.559. The van der Waals surface area contributed by atoms with Crippen LogP contribution in [-0.2, 0) is 30.3 Å². The van der Waals surface area contributed by atoms with Gasteiger partial charge in [-0.1, -0.05) is 84.0 Å². The Morgan fingerprint density at radius 2 is 1.78 bits per heavy atom. The van der Waals surface area contributed by atoms with E-state index in [9.17, 15) is 19.2 Å². The van der Waals surface area contributed by atoms with Crippen molar-refractivity contribution in [3.63, 3.8) is 0 Å². The summed E-state index contributed by atoms with van der Waals surface area (Å²) in [6.45, 7) is 14.7. The predicted octanol–water partition coefficient (Wildman–Crippen LogP) is 5.09. The minimum Gasteiger partial charge on any atom is -0.461 e. The molecular formula is C34H50N4O6S. The molecule has 0 aliphatic heterocycles. The summed E-state index contributed by atoms with van der Waals surface area (Å²) in [5.41, 5.74) is 7.45. The molecule has 0 saturated heterocycles. The minimum atomic E-state index is -0.767. The Morgan fingerprint density at radius 3 is 2.36 bits per heavy atom. The monoisotopic (exact) mass is 642 g/mol. The van der Waals surface area contributed by atoms with Crippen molar-refractivity contribution in [2.75, 3.05) is 13.7 Å². The third-order valence-electron chi connectivity index (χ3n) is 7.99. The van der Waals surface area contributed by atoms with E-state index in [-0.39, 0.29) is 48.1 Å². The van der Waals surface area contributed by atoms with Crippen LogP contribution in [0.3, 0.4) is 0 Å². The van der Waals surface area contributed by atoms with Crippen molar-refractivity contribution in [3.05, 3.63) is 64.6 Å². The third kappa shape index (κ3) is 11.7. The second kappa shape index (κ2) is 18.4. The summed E-state index contributed by atoms with van der Waals surface area (Å²) in [5, 5.41) is 5.12. The highest BCUT2D eigenvalue weighted by atomic mass is 32.1. The normalized spacial score (nSPS) is 15.2. The van der Waals surface area contributed by atoms with E-state index in [2.05, 4.69) is 16.9 Å². The number of hydrogen-bond donors (Lipinski definition) is 2. The van der Waals surface area contributed by atoms with Crippen molar-refractivity contribution >= 4 is 35.1 Å². The maximum absolute atomic E-state index is 13.5. The maximum Gasteiger partial charge on any atom is 0.309 e. The summed E-state index contributed by atoms with van der Waals surface area (Å²) >= 11 is 1.21. The van der Waals surface area contributed by atoms with E-state index < -0.39 is 29.9 Å². The standard InChI is InChI=1S/C34H50N4O6S/c1-9-16-43-34(42)23(6)17-26(18-25-14-12-11-13-15-25)36-31(40)27-20-45-32(37-27)29(44-24(7)39)19-28(21(3)4)38(8)33(41)30(35)22(5)10-2/h9,11-15,20-23,26,28-30H,1,10,16-19,35H2,2-8H3,(H,36,40)/t22-,23-,26+,28+,29+,30-/m0/s1. The van der Waals surface area contributed by atoms with E-state index in [1.54, 1.807) is 24.3 Å². The predicted molar refractivity (Wildman–Crippen MR) is 176 cm³/mol. The number of hydrogen-bond acceptors (Lipinski definition) is 9. The Balaban J connectivity index is 2.27. The van der Waals surface area contributed by atoms with Gasteiger partial charge in [-0.25, -0.2) is 4.98 Å². The molecule has 0 bridgehead atoms. The van der Waals surface area contributed by atoms with E-state index in [0.29, 0.717) is 24.3 Å². The van der Waals surface area contributed by atoms with Crippen molar-refractivity contribution in [1.82, 2.24) is 15.2 Å². The van der Waals surface area contributed by atoms with Crippen LogP contribution in [0.2, 0.25) is 0 Å². The number of ether oxygens (including phenoxy) is 2. The lowest BCUT2D eigenvalue weighted by atomic mass is 9.93. The van der Waals surface area contributed by atoms with E-state index in [4.69, 9.17) is 15.2 Å². The number of rotatable bonds is 18. The third-order valence-corrected chi connectivity index (χ3v) is 8.93. The molecule has 2 amide bonds. The van der Waals surface area contributed by atoms with Crippen molar-refractivity contribution in [2.45, 2.75) is 91.5 Å². The lowest BCUT2D eigenvalue weighted by Gasteiger charge is -2.35. The molecule has 3 N–H and O–H groups in total. The highest BCUT2D eigenvalue weighted by Gasteiger charge is 2.33. The van der Waals surface area contributed by atoms with E-state index in [1.807, 2.05) is 58.0 Å². The number of aromatic nitrogens is 1. The van der Waals surface area contributed by atoms with Gasteiger partial charge in [0.05, 0.1) is 12.0 Å². The number of thiazole rings is 1. The number of nitrogens with one attached hydrogen (secondary N) is 1. The number of amides is 2. The quantitative estimate of drug-likeness (QED) is 0.169. The van der Waals surface area contributed by atoms with Gasteiger partial charge in [0.1, 0.15) is 17.3 Å². The van der Waals surface area contributed by atoms with Gasteiger partial charge >= 0.3 is 11.9 Å². The zero-order valence-corrected chi connectivity index (χ0v) is 28.5. The maximum atomic E-state index is 13.5. The molecule has 45 heavy (non-hydrogen) atoms. The largest absolute Gasteiger partial charge is 0.461 e. The number of likely N-dealkylation sites (N-methyl/N-ethyl adjacent to an activating group) is 1. The van der Waals surface area contributed by atoms with Crippen molar-refractivity contribution in [1.29, 1.82) is 0 Å². The molecule has 10 nitrogen and oxygen atoms in total. The summed E-state index contributed by atoms with van der Waals surface area (Å²) in [6, 6.07) is 8.38. The van der Waals surface area contributed by atoms with Crippen molar-refractivity contribution in [2.24, 2.45) is 23.5 Å². The van der Waals surface area contributed by atoms with Gasteiger partial charge in [-0.05, 0) is 30.2 Å². The van der Waals surface area contributed by atoms with Gasteiger partial charge in [0.2, 0.25) is 5.91 Å². The number of carbonyl (C=O) groups is 4. The molecule has 1 aromatic heterocycles. The summed E-state index contributed by atoms with van der Waals surface area (Å²) in [4.78, 5) is 57.5. The van der Waals surface area contributed by atoms with Crippen LogP contribution in [0.4, 0.5) is 0 Å². The van der Waals surface area contributed by atoms with Crippen LogP contribution in [0.5, 0.6) is 0 Å². The molecular weight excluding hydrogens is 592 g/mol. The smallest absolute Gasteiger partial charge is 0.309 e. The Hall–Kier alpha value is -3.57. The van der Waals surface area contributed by atoms with Gasteiger partial charge in [0, 0.05) is 37.9 Å². The van der Waals surface area contributed by atoms with Gasteiger partial charge in [-0.15, -0.1) is 11.3 Å². The lowest BCUT2D eigenvalue weighted by Crippen LogP contribution is -2.51. The number of nitrogens with two attached hydrogens (primary N) is 1. The van der Waals surface area contributed by atoms with Gasteiger partial charge in [0.15, 0.2) is 6.10 Å². The Morgan fingerprint density at radius 1 is 1.11 bits per heavy atom. The molecule has 0 aliphatic rings. The Bertz CT molecular complexity index is 1270. The molecule has 11 heteroatoms. The lowest BCUT2D eigenvalue weighted by molar-refractivity contribution is -0.149. The molecule has 0 unspecified atom stereocenters. The number of benzene rings is 1. The molecule has 2 rings (SSSR count). The van der Waals surface area contributed by atoms with Gasteiger partial charge in [-0.3, -0.25) is 19.2 Å². The van der Waals surface area contributed by atoms with Gasteiger partial charge in [-0.2, -0.15) is 0 Å². The Labute approximate surface area is 271 Å². The first-order chi connectivity index (χ1) is 21.3. The second-order valence-electron chi connectivity index (χ2n) is 12.0. The minimum absolute atomic E-state index is 0.0172. The van der Waals surface area contributed by atoms with Crippen molar-refractivity contribution in [3.8, 4) is 0 Å². The summed E-state index contributed by atoms with van der Waals surface area (Å²) in [7, 11) is 1.72. The second-order valence-corrected chi connectivity index (χ2v) is 12.9. The Kier molecular flexibility index (Phi) is 15.4. The van der Waals surface area contributed by atoms with Crippen LogP contribution in [0.15, 0.2) is 48.4 Å². The average molecular weight is 643 g/mol. The molecule has 1 heterocycles. The van der Waals surface area contributed by atoms with Crippen LogP contribution in [0, 0.1) is 17.8 Å². The van der Waals surface area contributed by atoms with Crippen LogP contribution < -0.4 is 11.1 Å². The first-order valence-corrected chi connectivity index (χ1v) is 16.4. The summed E-state index contributed by atoms with van der Waals surface area (Å²) in [6.07, 6.45) is 2.68. The van der Waals surface area contributed by atoms with Gasteiger partial charge < -0.3 is 25.4 Å². The molecule has 0 aliphatic carbocycles. The first-order valence-electron chi connectivity index (χ1n) is 15.6. The van der Waals surface area contributed by atoms with E-state index in [1.165, 1.54) is 24.3 Å². The molecule has 0 saturated carbocycles. The van der Waals surface area contributed by atoms with Crippen LogP contribution in [-0.4, -0.2) is 65.4 Å². The van der Waals surface area contributed by atoms with Gasteiger partial charge in [0.25, 0.3) is 5.91 Å². The molecule has 2 aromatic rings. The van der Waals surface area contributed by atoms with Crippen LogP contribution >= 0.6 is 11.3 Å². The number of carbonyl (C=O) groups excluding carboxylic acids is 4. The fourth-order valence-corrected chi connectivity index (χ4v) is 5.93. The first kappa shape index (κ1) is 37.6. The molecule has 0 radical (unpaired) electrons. The van der Waals surface area contributed by atoms with Crippen LogP contribution in [0.1, 0.15) is 88.0 Å². The zero-order valence-electron chi connectivity index (χ0n) is 27.7. The van der Waals surface area contributed by atoms with E-state index in [0.717, 1.165) is 12.0 Å². The molecule has 0 spiro atoms. The fourth-order valence-electron chi connectivity index (χ4n) is 5.09. The molecule has 0 fully saturated rings.